The summed E-state index contributed by atoms with van der Waals surface area (Å²) < 4.78 is 32.0. The van der Waals surface area contributed by atoms with Gasteiger partial charge in [-0.05, 0) is 19.1 Å². The van der Waals surface area contributed by atoms with Crippen molar-refractivity contribution in [2.75, 3.05) is 18.1 Å². The highest BCUT2D eigenvalue weighted by atomic mass is 19.1. The maximum atomic E-state index is 13.8. The Morgan fingerprint density at radius 2 is 2.15 bits per heavy atom. The van der Waals surface area contributed by atoms with Crippen molar-refractivity contribution in [2.24, 2.45) is 5.41 Å². The predicted octanol–water partition coefficient (Wildman–Crippen LogP) is 1.43. The quantitative estimate of drug-likeness (QED) is 0.847. The minimum atomic E-state index is -0.963. The molecule has 7 heteroatoms. The lowest BCUT2D eigenvalue weighted by atomic mass is 9.82. The number of carbonyl (C=O) groups is 2. The molecule has 0 saturated carbocycles. The van der Waals surface area contributed by atoms with Gasteiger partial charge in [-0.1, -0.05) is 0 Å². The molecule has 2 heterocycles. The van der Waals surface area contributed by atoms with Crippen molar-refractivity contribution in [1.29, 1.82) is 0 Å². The number of fused-ring (bicyclic) bond motifs is 1. The molecule has 2 unspecified atom stereocenters. The number of nitrogens with one attached hydrogen (secondary N) is 1. The van der Waals surface area contributed by atoms with Gasteiger partial charge in [0, 0.05) is 6.07 Å². The minimum absolute atomic E-state index is 0.149. The zero-order valence-electron chi connectivity index (χ0n) is 10.7. The van der Waals surface area contributed by atoms with Gasteiger partial charge in [-0.3, -0.25) is 4.79 Å². The second kappa shape index (κ2) is 4.24. The summed E-state index contributed by atoms with van der Waals surface area (Å²) in [6.45, 7) is 2.05. The van der Waals surface area contributed by atoms with Crippen LogP contribution in [-0.4, -0.2) is 31.2 Å². The molecule has 2 fully saturated rings. The number of ether oxygens (including phenoxy) is 1. The Labute approximate surface area is 113 Å². The van der Waals surface area contributed by atoms with Gasteiger partial charge in [0.2, 0.25) is 5.91 Å². The van der Waals surface area contributed by atoms with Crippen LogP contribution in [0.1, 0.15) is 6.92 Å². The molecule has 1 aromatic carbocycles. The molecule has 2 aliphatic heterocycles. The third-order valence-electron chi connectivity index (χ3n) is 3.80. The van der Waals surface area contributed by atoms with Crippen molar-refractivity contribution < 1.29 is 23.1 Å². The molecular formula is C13H12F2N2O3. The second-order valence-corrected chi connectivity index (χ2v) is 5.17. The summed E-state index contributed by atoms with van der Waals surface area (Å²) in [6.07, 6.45) is 0. The largest absolute Gasteiger partial charge is 0.378 e. The van der Waals surface area contributed by atoms with E-state index in [-0.39, 0.29) is 18.9 Å². The third kappa shape index (κ3) is 1.70. The van der Waals surface area contributed by atoms with Crippen molar-refractivity contribution in [2.45, 2.75) is 13.0 Å². The highest BCUT2D eigenvalue weighted by Gasteiger charge is 2.54. The number of amides is 3. The van der Waals surface area contributed by atoms with Gasteiger partial charge >= 0.3 is 6.03 Å². The van der Waals surface area contributed by atoms with Gasteiger partial charge in [0.05, 0.1) is 30.4 Å². The van der Waals surface area contributed by atoms with Crippen LogP contribution in [0, 0.1) is 17.0 Å². The Morgan fingerprint density at radius 1 is 1.40 bits per heavy atom. The number of urea groups is 1. The molecule has 0 spiro atoms. The number of hydrogen-bond donors (Lipinski definition) is 1. The highest BCUT2D eigenvalue weighted by molar-refractivity contribution is 6.18. The normalized spacial score (nSPS) is 29.4. The van der Waals surface area contributed by atoms with Crippen LogP contribution in [0.25, 0.3) is 0 Å². The maximum absolute atomic E-state index is 13.8. The molecule has 3 rings (SSSR count). The number of carbonyl (C=O) groups excluding carboxylic acids is 2. The van der Waals surface area contributed by atoms with Gasteiger partial charge in [0.1, 0.15) is 11.6 Å². The van der Waals surface area contributed by atoms with Gasteiger partial charge in [0.25, 0.3) is 0 Å². The minimum Gasteiger partial charge on any atom is -0.378 e. The average Bonchev–Trinajstić information content (AvgIpc) is 2.75. The SMILES string of the molecule is CC12COCC1NC(=O)N(c1ccc(F)cc1F)C2=O. The van der Waals surface area contributed by atoms with E-state index in [2.05, 4.69) is 5.32 Å². The van der Waals surface area contributed by atoms with E-state index < -0.39 is 35.0 Å². The van der Waals surface area contributed by atoms with Crippen LogP contribution in [-0.2, 0) is 9.53 Å². The van der Waals surface area contributed by atoms with E-state index in [1.165, 1.54) is 0 Å². The first-order valence-electron chi connectivity index (χ1n) is 6.11. The Hall–Kier alpha value is -2.02. The number of rotatable bonds is 1. The van der Waals surface area contributed by atoms with Crippen molar-refractivity contribution in [3.8, 4) is 0 Å². The molecule has 0 aromatic heterocycles. The predicted molar refractivity (Wildman–Crippen MR) is 65.1 cm³/mol. The van der Waals surface area contributed by atoms with E-state index in [4.69, 9.17) is 4.74 Å². The molecule has 1 N–H and O–H groups in total. The van der Waals surface area contributed by atoms with E-state index in [0.29, 0.717) is 11.0 Å². The van der Waals surface area contributed by atoms with Gasteiger partial charge in [-0.15, -0.1) is 0 Å². The van der Waals surface area contributed by atoms with Crippen LogP contribution in [0.5, 0.6) is 0 Å². The zero-order valence-corrected chi connectivity index (χ0v) is 10.7. The maximum Gasteiger partial charge on any atom is 0.329 e. The lowest BCUT2D eigenvalue weighted by Crippen LogP contribution is -2.65. The lowest BCUT2D eigenvalue weighted by molar-refractivity contribution is -0.128. The molecule has 2 atom stereocenters. The van der Waals surface area contributed by atoms with Gasteiger partial charge in [-0.2, -0.15) is 0 Å². The fraction of sp³-hybridized carbons (Fsp3) is 0.385. The number of nitrogens with zero attached hydrogens (tertiary/aromatic N) is 1. The lowest BCUT2D eigenvalue weighted by Gasteiger charge is -2.39. The van der Waals surface area contributed by atoms with E-state index in [0.717, 1.165) is 12.1 Å². The highest BCUT2D eigenvalue weighted by Crippen LogP contribution is 2.36. The summed E-state index contributed by atoms with van der Waals surface area (Å²) in [5.74, 6) is -2.28. The van der Waals surface area contributed by atoms with Gasteiger partial charge in [0.15, 0.2) is 0 Å². The van der Waals surface area contributed by atoms with Gasteiger partial charge in [-0.25, -0.2) is 18.5 Å². The molecule has 0 aliphatic carbocycles. The smallest absolute Gasteiger partial charge is 0.329 e. The van der Waals surface area contributed by atoms with Crippen molar-refractivity contribution in [3.05, 3.63) is 29.8 Å². The molecule has 0 radical (unpaired) electrons. The number of imide groups is 1. The first-order valence-corrected chi connectivity index (χ1v) is 6.11. The fourth-order valence-corrected chi connectivity index (χ4v) is 2.53. The molecule has 5 nitrogen and oxygen atoms in total. The summed E-state index contributed by atoms with van der Waals surface area (Å²) in [6, 6.07) is 1.55. The molecule has 2 saturated heterocycles. The standard InChI is InChI=1S/C13H12F2N2O3/c1-13-6-20-5-10(13)16-12(19)17(11(13)18)9-3-2-7(14)4-8(9)15/h2-4,10H,5-6H2,1H3,(H,16,19). The van der Waals surface area contributed by atoms with Crippen LogP contribution >= 0.6 is 0 Å². The topological polar surface area (TPSA) is 58.6 Å². The Bertz CT molecular complexity index is 607. The zero-order chi connectivity index (χ0) is 14.5. The molecule has 3 amide bonds. The first-order chi connectivity index (χ1) is 9.43. The number of benzene rings is 1. The molecule has 2 aliphatic rings. The summed E-state index contributed by atoms with van der Waals surface area (Å²) in [5, 5.41) is 2.62. The Kier molecular flexibility index (Phi) is 2.75. The molecule has 106 valence electrons. The second-order valence-electron chi connectivity index (χ2n) is 5.17. The Morgan fingerprint density at radius 3 is 2.85 bits per heavy atom. The number of anilines is 1. The van der Waals surface area contributed by atoms with Crippen LogP contribution < -0.4 is 10.2 Å². The van der Waals surface area contributed by atoms with Crippen LogP contribution in [0.2, 0.25) is 0 Å². The summed E-state index contributed by atoms with van der Waals surface area (Å²) >= 11 is 0. The number of hydrogen-bond acceptors (Lipinski definition) is 3. The van der Waals surface area contributed by atoms with Crippen molar-refractivity contribution >= 4 is 17.6 Å². The van der Waals surface area contributed by atoms with E-state index >= 15 is 0 Å². The summed E-state index contributed by atoms with van der Waals surface area (Å²) in [5.41, 5.74) is -1.20. The molecular weight excluding hydrogens is 270 g/mol. The summed E-state index contributed by atoms with van der Waals surface area (Å²) in [4.78, 5) is 25.2. The van der Waals surface area contributed by atoms with Crippen LogP contribution in [0.3, 0.4) is 0 Å². The fourth-order valence-electron chi connectivity index (χ4n) is 2.53. The van der Waals surface area contributed by atoms with E-state index in [1.54, 1.807) is 6.92 Å². The first kappa shape index (κ1) is 13.0. The van der Waals surface area contributed by atoms with Gasteiger partial charge < -0.3 is 10.1 Å². The third-order valence-corrected chi connectivity index (χ3v) is 3.80. The Balaban J connectivity index is 2.04. The van der Waals surface area contributed by atoms with Crippen molar-refractivity contribution in [3.63, 3.8) is 0 Å². The van der Waals surface area contributed by atoms with E-state index in [9.17, 15) is 18.4 Å². The van der Waals surface area contributed by atoms with Crippen LogP contribution in [0.4, 0.5) is 19.3 Å². The molecule has 0 bridgehead atoms. The molecule has 20 heavy (non-hydrogen) atoms. The molecule has 1 aromatic rings. The van der Waals surface area contributed by atoms with E-state index in [1.807, 2.05) is 0 Å². The average molecular weight is 282 g/mol. The van der Waals surface area contributed by atoms with Crippen molar-refractivity contribution in [1.82, 2.24) is 5.32 Å². The number of halogens is 2. The van der Waals surface area contributed by atoms with Crippen LogP contribution in [0.15, 0.2) is 18.2 Å². The summed E-state index contributed by atoms with van der Waals surface area (Å²) in [7, 11) is 0. The monoisotopic (exact) mass is 282 g/mol.